The summed E-state index contributed by atoms with van der Waals surface area (Å²) < 4.78 is 5.74. The Hall–Kier alpha value is -2.88. The van der Waals surface area contributed by atoms with Crippen molar-refractivity contribution in [1.82, 2.24) is 10.3 Å². The highest BCUT2D eigenvalue weighted by atomic mass is 16.4. The van der Waals surface area contributed by atoms with Gasteiger partial charge in [0.2, 0.25) is 5.91 Å². The molecule has 1 aliphatic rings. The fourth-order valence-corrected chi connectivity index (χ4v) is 3.30. The van der Waals surface area contributed by atoms with Crippen molar-refractivity contribution in [2.45, 2.75) is 25.2 Å². The SMILES string of the molecule is O=C(CCc1ncc(-c2ccccc2)o1)NC[C@H]1C[C@@H]1c1ccccc1. The second kappa shape index (κ2) is 7.56. The molecule has 132 valence electrons. The van der Waals surface area contributed by atoms with Gasteiger partial charge in [0.05, 0.1) is 6.20 Å². The third-order valence-electron chi connectivity index (χ3n) is 4.89. The van der Waals surface area contributed by atoms with Crippen molar-refractivity contribution >= 4 is 5.91 Å². The van der Waals surface area contributed by atoms with Gasteiger partial charge in [0.15, 0.2) is 11.7 Å². The molecule has 1 aromatic heterocycles. The molecule has 1 saturated carbocycles. The van der Waals surface area contributed by atoms with Gasteiger partial charge in [0, 0.05) is 24.9 Å². The molecule has 1 N–H and O–H groups in total. The van der Waals surface area contributed by atoms with Crippen molar-refractivity contribution in [2.75, 3.05) is 6.54 Å². The Morgan fingerprint density at radius 1 is 1.08 bits per heavy atom. The molecule has 1 heterocycles. The molecule has 4 rings (SSSR count). The first kappa shape index (κ1) is 16.6. The molecule has 3 aromatic rings. The van der Waals surface area contributed by atoms with E-state index in [4.69, 9.17) is 4.42 Å². The third kappa shape index (κ3) is 4.02. The van der Waals surface area contributed by atoms with E-state index in [1.165, 1.54) is 5.56 Å². The van der Waals surface area contributed by atoms with Crippen LogP contribution in [0.15, 0.2) is 71.3 Å². The molecule has 0 bridgehead atoms. The predicted octanol–water partition coefficient (Wildman–Crippen LogP) is 4.19. The zero-order chi connectivity index (χ0) is 17.8. The molecular weight excluding hydrogens is 324 g/mol. The van der Waals surface area contributed by atoms with Gasteiger partial charge >= 0.3 is 0 Å². The van der Waals surface area contributed by atoms with E-state index in [1.807, 2.05) is 36.4 Å². The van der Waals surface area contributed by atoms with Gasteiger partial charge < -0.3 is 9.73 Å². The Labute approximate surface area is 153 Å². The maximum Gasteiger partial charge on any atom is 0.220 e. The standard InChI is InChI=1S/C22H22N2O2/c25-21(23-14-18-13-19(18)16-7-3-1-4-8-16)11-12-22-24-15-20(26-22)17-9-5-2-6-10-17/h1-10,15,18-19H,11-14H2,(H,23,25)/t18-,19-/m1/s1. The lowest BCUT2D eigenvalue weighted by atomic mass is 10.1. The van der Waals surface area contributed by atoms with Gasteiger partial charge in [-0.25, -0.2) is 4.98 Å². The molecule has 0 unspecified atom stereocenters. The molecule has 1 fully saturated rings. The zero-order valence-corrected chi connectivity index (χ0v) is 14.6. The summed E-state index contributed by atoms with van der Waals surface area (Å²) in [6.07, 6.45) is 3.80. The van der Waals surface area contributed by atoms with Crippen LogP contribution >= 0.6 is 0 Å². The number of oxazole rings is 1. The number of amides is 1. The molecule has 2 atom stereocenters. The smallest absolute Gasteiger partial charge is 0.220 e. The van der Waals surface area contributed by atoms with Crippen LogP contribution < -0.4 is 5.32 Å². The summed E-state index contributed by atoms with van der Waals surface area (Å²) in [4.78, 5) is 16.4. The molecule has 0 spiro atoms. The first-order chi connectivity index (χ1) is 12.8. The van der Waals surface area contributed by atoms with Crippen LogP contribution in [0.5, 0.6) is 0 Å². The van der Waals surface area contributed by atoms with Gasteiger partial charge in [0.1, 0.15) is 0 Å². The van der Waals surface area contributed by atoms with Crippen molar-refractivity contribution in [3.05, 3.63) is 78.3 Å². The lowest BCUT2D eigenvalue weighted by molar-refractivity contribution is -0.121. The molecule has 0 radical (unpaired) electrons. The van der Waals surface area contributed by atoms with E-state index < -0.39 is 0 Å². The summed E-state index contributed by atoms with van der Waals surface area (Å²) >= 11 is 0. The number of rotatable bonds is 7. The molecule has 26 heavy (non-hydrogen) atoms. The third-order valence-corrected chi connectivity index (χ3v) is 4.89. The molecule has 4 nitrogen and oxygen atoms in total. The van der Waals surface area contributed by atoms with Crippen LogP contribution in [-0.4, -0.2) is 17.4 Å². The maximum atomic E-state index is 12.1. The fraction of sp³-hybridized carbons (Fsp3) is 0.273. The van der Waals surface area contributed by atoms with Crippen LogP contribution in [0.3, 0.4) is 0 Å². The van der Waals surface area contributed by atoms with Gasteiger partial charge in [0.25, 0.3) is 0 Å². The minimum absolute atomic E-state index is 0.0585. The number of nitrogens with one attached hydrogen (secondary N) is 1. The Balaban J connectivity index is 1.21. The summed E-state index contributed by atoms with van der Waals surface area (Å²) in [5.41, 5.74) is 2.37. The summed E-state index contributed by atoms with van der Waals surface area (Å²) in [5.74, 6) is 2.56. The number of carbonyl (C=O) groups excluding carboxylic acids is 1. The number of aryl methyl sites for hydroxylation is 1. The average molecular weight is 346 g/mol. The van der Waals surface area contributed by atoms with Gasteiger partial charge in [-0.15, -0.1) is 0 Å². The normalized spacial score (nSPS) is 18.5. The first-order valence-corrected chi connectivity index (χ1v) is 9.11. The highest BCUT2D eigenvalue weighted by molar-refractivity contribution is 5.76. The van der Waals surface area contributed by atoms with Gasteiger partial charge in [-0.3, -0.25) is 4.79 Å². The van der Waals surface area contributed by atoms with E-state index in [-0.39, 0.29) is 5.91 Å². The van der Waals surface area contributed by atoms with Crippen molar-refractivity contribution < 1.29 is 9.21 Å². The molecule has 1 amide bonds. The monoisotopic (exact) mass is 346 g/mol. The average Bonchev–Trinajstić information content (AvgIpc) is 3.33. The predicted molar refractivity (Wildman–Crippen MR) is 101 cm³/mol. The molecule has 0 saturated heterocycles. The van der Waals surface area contributed by atoms with Gasteiger partial charge in [-0.1, -0.05) is 60.7 Å². The van der Waals surface area contributed by atoms with E-state index in [1.54, 1.807) is 6.20 Å². The summed E-state index contributed by atoms with van der Waals surface area (Å²) in [7, 11) is 0. The topological polar surface area (TPSA) is 55.1 Å². The number of benzene rings is 2. The zero-order valence-electron chi connectivity index (χ0n) is 14.6. The Kier molecular flexibility index (Phi) is 4.82. The minimum atomic E-state index is 0.0585. The number of aromatic nitrogens is 1. The van der Waals surface area contributed by atoms with Gasteiger partial charge in [-0.2, -0.15) is 0 Å². The summed E-state index contributed by atoms with van der Waals surface area (Å²) in [6.45, 7) is 0.749. The molecule has 2 aromatic carbocycles. The van der Waals surface area contributed by atoms with Crippen LogP contribution in [0.2, 0.25) is 0 Å². The molecule has 1 aliphatic carbocycles. The summed E-state index contributed by atoms with van der Waals surface area (Å²) in [5, 5.41) is 3.04. The number of hydrogen-bond donors (Lipinski definition) is 1. The number of hydrogen-bond acceptors (Lipinski definition) is 3. The molecular formula is C22H22N2O2. The largest absolute Gasteiger partial charge is 0.441 e. The van der Waals surface area contributed by atoms with E-state index in [0.29, 0.717) is 30.6 Å². The van der Waals surface area contributed by atoms with Crippen LogP contribution in [0.25, 0.3) is 11.3 Å². The second-order valence-electron chi connectivity index (χ2n) is 6.80. The van der Waals surface area contributed by atoms with E-state index in [9.17, 15) is 4.79 Å². The van der Waals surface area contributed by atoms with Crippen molar-refractivity contribution in [3.8, 4) is 11.3 Å². The molecule has 0 aliphatic heterocycles. The van der Waals surface area contributed by atoms with Crippen LogP contribution in [0, 0.1) is 5.92 Å². The van der Waals surface area contributed by atoms with Crippen molar-refractivity contribution in [1.29, 1.82) is 0 Å². The van der Waals surface area contributed by atoms with Crippen molar-refractivity contribution in [3.63, 3.8) is 0 Å². The minimum Gasteiger partial charge on any atom is -0.441 e. The first-order valence-electron chi connectivity index (χ1n) is 9.11. The number of nitrogens with zero attached hydrogens (tertiary/aromatic N) is 1. The Morgan fingerprint density at radius 3 is 2.58 bits per heavy atom. The second-order valence-corrected chi connectivity index (χ2v) is 6.80. The maximum absolute atomic E-state index is 12.1. The fourth-order valence-electron chi connectivity index (χ4n) is 3.30. The lowest BCUT2D eigenvalue weighted by Gasteiger charge is -2.04. The van der Waals surface area contributed by atoms with Crippen molar-refractivity contribution in [2.24, 2.45) is 5.92 Å². The van der Waals surface area contributed by atoms with E-state index in [0.717, 1.165) is 24.3 Å². The van der Waals surface area contributed by atoms with Crippen LogP contribution in [0.1, 0.15) is 30.2 Å². The Morgan fingerprint density at radius 2 is 1.81 bits per heavy atom. The van der Waals surface area contributed by atoms with E-state index in [2.05, 4.69) is 34.6 Å². The lowest BCUT2D eigenvalue weighted by Crippen LogP contribution is -2.26. The van der Waals surface area contributed by atoms with Crippen LogP contribution in [-0.2, 0) is 11.2 Å². The van der Waals surface area contributed by atoms with Gasteiger partial charge in [-0.05, 0) is 23.8 Å². The summed E-state index contributed by atoms with van der Waals surface area (Å²) in [6, 6.07) is 20.4. The van der Waals surface area contributed by atoms with Crippen LogP contribution in [0.4, 0.5) is 0 Å². The highest BCUT2D eigenvalue weighted by Gasteiger charge is 2.37. The highest BCUT2D eigenvalue weighted by Crippen LogP contribution is 2.46. The Bertz CT molecular complexity index is 858. The molecule has 4 heteroatoms. The quantitative estimate of drug-likeness (QED) is 0.698. The number of carbonyl (C=O) groups is 1. The van der Waals surface area contributed by atoms with E-state index >= 15 is 0 Å².